The molecule has 0 unspecified atom stereocenters. The molecule has 0 amide bonds. The van der Waals surface area contributed by atoms with Gasteiger partial charge in [-0.1, -0.05) is 61.3 Å². The molecule has 0 saturated heterocycles. The molecular formula is C23H27ClN2O2S. The lowest BCUT2D eigenvalue weighted by atomic mass is 10.1. The topological polar surface area (TPSA) is 50.3 Å². The van der Waals surface area contributed by atoms with E-state index >= 15 is 0 Å². The standard InChI is InChI=1S/C23H27ClN2O2S/c1-15(2)13-26(29(27,28)22-17(4)10-16(3)11-18(22)5)14-20-12-19-8-6-7-9-21(19)25-23(20)24/h6-12,15H,13-14H2,1-5H3. The van der Waals surface area contributed by atoms with E-state index in [0.29, 0.717) is 22.2 Å². The van der Waals surface area contributed by atoms with Crippen molar-refractivity contribution in [2.24, 2.45) is 5.92 Å². The van der Waals surface area contributed by atoms with E-state index in [1.807, 2.05) is 77.1 Å². The average Bonchev–Trinajstić information content (AvgIpc) is 2.60. The van der Waals surface area contributed by atoms with Crippen molar-refractivity contribution in [1.82, 2.24) is 9.29 Å². The third-order valence-electron chi connectivity index (χ3n) is 4.87. The van der Waals surface area contributed by atoms with E-state index < -0.39 is 10.0 Å². The van der Waals surface area contributed by atoms with E-state index in [2.05, 4.69) is 4.98 Å². The molecule has 0 aliphatic rings. The Kier molecular flexibility index (Phi) is 6.32. The monoisotopic (exact) mass is 430 g/mol. The highest BCUT2D eigenvalue weighted by atomic mass is 35.5. The van der Waals surface area contributed by atoms with E-state index in [4.69, 9.17) is 11.6 Å². The largest absolute Gasteiger partial charge is 0.243 e. The van der Waals surface area contributed by atoms with Gasteiger partial charge in [0.1, 0.15) is 5.15 Å². The molecule has 2 aromatic carbocycles. The molecule has 154 valence electrons. The molecule has 0 radical (unpaired) electrons. The van der Waals surface area contributed by atoms with E-state index in [1.165, 1.54) is 4.31 Å². The molecule has 1 heterocycles. The van der Waals surface area contributed by atoms with Gasteiger partial charge < -0.3 is 0 Å². The van der Waals surface area contributed by atoms with Crippen LogP contribution in [-0.4, -0.2) is 24.3 Å². The molecule has 1 aromatic heterocycles. The second-order valence-electron chi connectivity index (χ2n) is 8.05. The highest BCUT2D eigenvalue weighted by Gasteiger charge is 2.29. The summed E-state index contributed by atoms with van der Waals surface area (Å²) in [5.74, 6) is 0.169. The van der Waals surface area contributed by atoms with Crippen molar-refractivity contribution in [3.05, 3.63) is 69.9 Å². The van der Waals surface area contributed by atoms with Crippen molar-refractivity contribution < 1.29 is 8.42 Å². The first-order chi connectivity index (χ1) is 13.6. The highest BCUT2D eigenvalue weighted by molar-refractivity contribution is 7.89. The first-order valence-electron chi connectivity index (χ1n) is 9.71. The van der Waals surface area contributed by atoms with Crippen LogP contribution in [-0.2, 0) is 16.6 Å². The fourth-order valence-electron chi connectivity index (χ4n) is 3.79. The van der Waals surface area contributed by atoms with E-state index in [9.17, 15) is 8.42 Å². The van der Waals surface area contributed by atoms with Gasteiger partial charge in [-0.2, -0.15) is 4.31 Å². The number of hydrogen-bond donors (Lipinski definition) is 0. The Bertz CT molecular complexity index is 1130. The van der Waals surface area contributed by atoms with E-state index in [0.717, 1.165) is 27.6 Å². The van der Waals surface area contributed by atoms with Crippen LogP contribution in [0.4, 0.5) is 0 Å². The normalized spacial score (nSPS) is 12.3. The zero-order valence-corrected chi connectivity index (χ0v) is 19.1. The molecule has 0 aliphatic carbocycles. The summed E-state index contributed by atoms with van der Waals surface area (Å²) in [5.41, 5.74) is 4.08. The van der Waals surface area contributed by atoms with Gasteiger partial charge in [0.15, 0.2) is 0 Å². The quantitative estimate of drug-likeness (QED) is 0.474. The molecule has 6 heteroatoms. The van der Waals surface area contributed by atoms with Crippen LogP contribution in [0, 0.1) is 26.7 Å². The molecule has 0 fully saturated rings. The number of para-hydroxylation sites is 1. The molecular weight excluding hydrogens is 404 g/mol. The van der Waals surface area contributed by atoms with Crippen molar-refractivity contribution in [2.75, 3.05) is 6.54 Å². The van der Waals surface area contributed by atoms with Crippen molar-refractivity contribution in [1.29, 1.82) is 0 Å². The molecule has 4 nitrogen and oxygen atoms in total. The summed E-state index contributed by atoms with van der Waals surface area (Å²) in [7, 11) is -3.70. The van der Waals surface area contributed by atoms with Gasteiger partial charge in [-0.25, -0.2) is 13.4 Å². The van der Waals surface area contributed by atoms with Crippen molar-refractivity contribution in [3.63, 3.8) is 0 Å². The number of fused-ring (bicyclic) bond motifs is 1. The van der Waals surface area contributed by atoms with Gasteiger partial charge in [0.25, 0.3) is 0 Å². The SMILES string of the molecule is Cc1cc(C)c(S(=O)(=O)N(Cc2cc3ccccc3nc2Cl)CC(C)C)c(C)c1. The minimum Gasteiger partial charge on any atom is -0.236 e. The van der Waals surface area contributed by atoms with Crippen molar-refractivity contribution in [2.45, 2.75) is 46.1 Å². The predicted molar refractivity (Wildman–Crippen MR) is 120 cm³/mol. The van der Waals surface area contributed by atoms with Crippen molar-refractivity contribution in [3.8, 4) is 0 Å². The fourth-order valence-corrected chi connectivity index (χ4v) is 5.99. The van der Waals surface area contributed by atoms with Crippen LogP contribution in [0.25, 0.3) is 10.9 Å². The highest BCUT2D eigenvalue weighted by Crippen LogP contribution is 2.29. The summed E-state index contributed by atoms with van der Waals surface area (Å²) < 4.78 is 28.9. The summed E-state index contributed by atoms with van der Waals surface area (Å²) in [4.78, 5) is 4.84. The lowest BCUT2D eigenvalue weighted by Crippen LogP contribution is -2.34. The van der Waals surface area contributed by atoms with Crippen LogP contribution in [0.2, 0.25) is 5.15 Å². The molecule has 3 aromatic rings. The van der Waals surface area contributed by atoms with Crippen LogP contribution in [0.1, 0.15) is 36.1 Å². The summed E-state index contributed by atoms with van der Waals surface area (Å²) in [6.07, 6.45) is 0. The Morgan fingerprint density at radius 2 is 1.66 bits per heavy atom. The Morgan fingerprint density at radius 3 is 2.28 bits per heavy atom. The van der Waals surface area contributed by atoms with E-state index in [-0.39, 0.29) is 12.5 Å². The van der Waals surface area contributed by atoms with Crippen LogP contribution in [0.5, 0.6) is 0 Å². The van der Waals surface area contributed by atoms with Gasteiger partial charge in [-0.05, 0) is 49.9 Å². The molecule has 0 spiro atoms. The number of pyridine rings is 1. The van der Waals surface area contributed by atoms with Crippen LogP contribution in [0.15, 0.2) is 47.4 Å². The Labute approximate surface area is 178 Å². The zero-order chi connectivity index (χ0) is 21.3. The summed E-state index contributed by atoms with van der Waals surface area (Å²) in [5, 5.41) is 1.28. The summed E-state index contributed by atoms with van der Waals surface area (Å²) >= 11 is 6.43. The van der Waals surface area contributed by atoms with Gasteiger partial charge in [0.2, 0.25) is 10.0 Å². The second kappa shape index (κ2) is 8.42. The minimum absolute atomic E-state index is 0.169. The predicted octanol–water partition coefficient (Wildman–Crippen LogP) is 5.66. The smallest absolute Gasteiger partial charge is 0.236 e. The molecule has 0 aliphatic heterocycles. The van der Waals surface area contributed by atoms with Gasteiger partial charge in [0.05, 0.1) is 10.4 Å². The first kappa shape index (κ1) is 21.8. The Hall–Kier alpha value is -1.95. The maximum Gasteiger partial charge on any atom is 0.243 e. The molecule has 0 bridgehead atoms. The van der Waals surface area contributed by atoms with Crippen LogP contribution < -0.4 is 0 Å². The average molecular weight is 431 g/mol. The van der Waals surface area contributed by atoms with Gasteiger partial charge >= 0.3 is 0 Å². The Balaban J connectivity index is 2.08. The number of hydrogen-bond acceptors (Lipinski definition) is 3. The zero-order valence-electron chi connectivity index (χ0n) is 17.5. The molecule has 0 atom stereocenters. The lowest BCUT2D eigenvalue weighted by Gasteiger charge is -2.26. The lowest BCUT2D eigenvalue weighted by molar-refractivity contribution is 0.361. The summed E-state index contributed by atoms with van der Waals surface area (Å²) in [6, 6.07) is 13.5. The third-order valence-corrected chi connectivity index (χ3v) is 7.31. The molecule has 29 heavy (non-hydrogen) atoms. The third kappa shape index (κ3) is 4.63. The van der Waals surface area contributed by atoms with Crippen LogP contribution >= 0.6 is 11.6 Å². The van der Waals surface area contributed by atoms with Crippen molar-refractivity contribution >= 4 is 32.5 Å². The number of benzene rings is 2. The van der Waals surface area contributed by atoms with Gasteiger partial charge in [0, 0.05) is 24.0 Å². The molecule has 0 N–H and O–H groups in total. The number of rotatable bonds is 6. The first-order valence-corrected chi connectivity index (χ1v) is 11.5. The van der Waals surface area contributed by atoms with E-state index in [1.54, 1.807) is 0 Å². The second-order valence-corrected chi connectivity index (χ2v) is 10.3. The number of nitrogens with zero attached hydrogens (tertiary/aromatic N) is 2. The molecule has 3 rings (SSSR count). The van der Waals surface area contributed by atoms with Gasteiger partial charge in [-0.15, -0.1) is 0 Å². The number of aromatic nitrogens is 1. The molecule has 0 saturated carbocycles. The number of sulfonamides is 1. The number of halogens is 1. The Morgan fingerprint density at radius 1 is 1.03 bits per heavy atom. The maximum absolute atomic E-state index is 13.7. The fraction of sp³-hybridized carbons (Fsp3) is 0.348. The van der Waals surface area contributed by atoms with Crippen LogP contribution in [0.3, 0.4) is 0 Å². The maximum atomic E-state index is 13.7. The minimum atomic E-state index is -3.70. The number of aryl methyl sites for hydroxylation is 3. The van der Waals surface area contributed by atoms with Gasteiger partial charge in [-0.3, -0.25) is 0 Å². The summed E-state index contributed by atoms with van der Waals surface area (Å²) in [6.45, 7) is 10.3.